The van der Waals surface area contributed by atoms with Crippen molar-refractivity contribution < 1.29 is 27.9 Å². The SMILES string of the molecule is O=C(O)N(C1CCN(C(=O)C(F)(F)F)CC1)[C@@H]1C[C@H]1c1ccccc1. The van der Waals surface area contributed by atoms with Crippen LogP contribution in [0.15, 0.2) is 30.3 Å². The smallest absolute Gasteiger partial charge is 0.465 e. The van der Waals surface area contributed by atoms with Gasteiger partial charge in [-0.1, -0.05) is 30.3 Å². The highest BCUT2D eigenvalue weighted by atomic mass is 19.4. The molecule has 1 aliphatic carbocycles. The van der Waals surface area contributed by atoms with Crippen molar-refractivity contribution >= 4 is 12.0 Å². The third-order valence-electron chi connectivity index (χ3n) is 4.95. The zero-order valence-electron chi connectivity index (χ0n) is 13.4. The van der Waals surface area contributed by atoms with Gasteiger partial charge < -0.3 is 14.9 Å². The van der Waals surface area contributed by atoms with Gasteiger partial charge in [-0.05, 0) is 24.8 Å². The molecule has 25 heavy (non-hydrogen) atoms. The number of carbonyl (C=O) groups excluding carboxylic acids is 1. The van der Waals surface area contributed by atoms with Crippen molar-refractivity contribution in [2.24, 2.45) is 0 Å². The molecular weight excluding hydrogens is 337 g/mol. The lowest BCUT2D eigenvalue weighted by molar-refractivity contribution is -0.186. The Hall–Kier alpha value is -2.25. The summed E-state index contributed by atoms with van der Waals surface area (Å²) in [6.45, 7) is -0.148. The molecule has 1 aromatic carbocycles. The number of amides is 2. The van der Waals surface area contributed by atoms with Gasteiger partial charge in [0.25, 0.3) is 0 Å². The largest absolute Gasteiger partial charge is 0.471 e. The Labute approximate surface area is 143 Å². The minimum Gasteiger partial charge on any atom is -0.465 e. The summed E-state index contributed by atoms with van der Waals surface area (Å²) in [4.78, 5) is 25.1. The maximum absolute atomic E-state index is 12.5. The van der Waals surface area contributed by atoms with E-state index >= 15 is 0 Å². The van der Waals surface area contributed by atoms with Crippen molar-refractivity contribution in [1.82, 2.24) is 9.80 Å². The van der Waals surface area contributed by atoms with Gasteiger partial charge in [0.05, 0.1) is 0 Å². The van der Waals surface area contributed by atoms with Crippen LogP contribution in [0.4, 0.5) is 18.0 Å². The van der Waals surface area contributed by atoms with Crippen molar-refractivity contribution in [3.05, 3.63) is 35.9 Å². The lowest BCUT2D eigenvalue weighted by Crippen LogP contribution is -2.51. The highest BCUT2D eigenvalue weighted by Crippen LogP contribution is 2.46. The second-order valence-corrected chi connectivity index (χ2v) is 6.53. The number of hydrogen-bond acceptors (Lipinski definition) is 2. The Morgan fingerprint density at radius 2 is 1.72 bits per heavy atom. The van der Waals surface area contributed by atoms with Crippen LogP contribution in [0.5, 0.6) is 0 Å². The van der Waals surface area contributed by atoms with E-state index in [9.17, 15) is 27.9 Å². The number of rotatable bonds is 3. The summed E-state index contributed by atoms with van der Waals surface area (Å²) in [6.07, 6.45) is -4.76. The van der Waals surface area contributed by atoms with Crippen LogP contribution in [0.2, 0.25) is 0 Å². The molecule has 1 N–H and O–H groups in total. The van der Waals surface area contributed by atoms with Gasteiger partial charge in [-0.3, -0.25) is 4.79 Å². The summed E-state index contributed by atoms with van der Waals surface area (Å²) in [5, 5.41) is 9.57. The monoisotopic (exact) mass is 356 g/mol. The van der Waals surface area contributed by atoms with Crippen LogP contribution in [0.1, 0.15) is 30.7 Å². The van der Waals surface area contributed by atoms with Gasteiger partial charge in [-0.15, -0.1) is 0 Å². The molecule has 0 bridgehead atoms. The average Bonchev–Trinajstić information content (AvgIpc) is 3.35. The van der Waals surface area contributed by atoms with Crippen molar-refractivity contribution in [3.63, 3.8) is 0 Å². The summed E-state index contributed by atoms with van der Waals surface area (Å²) in [5.74, 6) is -1.71. The van der Waals surface area contributed by atoms with Gasteiger partial charge in [0.15, 0.2) is 0 Å². The second kappa shape index (κ2) is 6.57. The molecule has 3 rings (SSSR count). The van der Waals surface area contributed by atoms with Crippen molar-refractivity contribution in [3.8, 4) is 0 Å². The molecule has 2 fully saturated rings. The lowest BCUT2D eigenvalue weighted by Gasteiger charge is -2.37. The molecular formula is C17H19F3N2O3. The summed E-state index contributed by atoms with van der Waals surface area (Å²) in [7, 11) is 0. The normalized spacial score (nSPS) is 24.0. The van der Waals surface area contributed by atoms with Crippen LogP contribution in [0.25, 0.3) is 0 Å². The fraction of sp³-hybridized carbons (Fsp3) is 0.529. The maximum atomic E-state index is 12.5. The number of piperidine rings is 1. The molecule has 2 atom stereocenters. The molecule has 0 unspecified atom stereocenters. The van der Waals surface area contributed by atoms with Crippen molar-refractivity contribution in [2.45, 2.75) is 43.4 Å². The first-order valence-corrected chi connectivity index (χ1v) is 8.21. The van der Waals surface area contributed by atoms with E-state index in [1.54, 1.807) is 0 Å². The van der Waals surface area contributed by atoms with E-state index in [2.05, 4.69) is 0 Å². The van der Waals surface area contributed by atoms with Gasteiger partial charge in [0.1, 0.15) is 0 Å². The van der Waals surface area contributed by atoms with Crippen LogP contribution in [-0.2, 0) is 4.79 Å². The van der Waals surface area contributed by atoms with E-state index in [0.717, 1.165) is 16.9 Å². The van der Waals surface area contributed by atoms with Gasteiger partial charge in [-0.2, -0.15) is 13.2 Å². The molecule has 0 spiro atoms. The topological polar surface area (TPSA) is 60.9 Å². The lowest BCUT2D eigenvalue weighted by atomic mass is 10.0. The summed E-state index contributed by atoms with van der Waals surface area (Å²) in [6, 6.07) is 9.10. The highest BCUT2D eigenvalue weighted by Gasteiger charge is 2.49. The molecule has 1 saturated heterocycles. The molecule has 136 valence electrons. The Kier molecular flexibility index (Phi) is 4.62. The number of alkyl halides is 3. The third-order valence-corrected chi connectivity index (χ3v) is 4.95. The predicted octanol–water partition coefficient (Wildman–Crippen LogP) is 3.08. The molecule has 8 heteroatoms. The predicted molar refractivity (Wildman–Crippen MR) is 83.1 cm³/mol. The average molecular weight is 356 g/mol. The third kappa shape index (κ3) is 3.72. The quantitative estimate of drug-likeness (QED) is 0.905. The number of hydrogen-bond donors (Lipinski definition) is 1. The zero-order valence-corrected chi connectivity index (χ0v) is 13.4. The van der Waals surface area contributed by atoms with E-state index in [1.165, 1.54) is 4.90 Å². The van der Waals surface area contributed by atoms with Gasteiger partial charge in [0.2, 0.25) is 0 Å². The molecule has 1 aromatic rings. The molecule has 1 saturated carbocycles. The fourth-order valence-corrected chi connectivity index (χ4v) is 3.64. The Bertz CT molecular complexity index is 642. The molecule has 1 aliphatic heterocycles. The van der Waals surface area contributed by atoms with Crippen molar-refractivity contribution in [1.29, 1.82) is 0 Å². The van der Waals surface area contributed by atoms with Crippen molar-refractivity contribution in [2.75, 3.05) is 13.1 Å². The standard InChI is InChI=1S/C17H19F3N2O3/c18-17(19,20)15(23)21-8-6-12(7-9-21)22(16(24)25)14-10-13(14)11-4-2-1-3-5-11/h1-5,12-14H,6-10H2,(H,24,25)/t13-,14+/m0/s1. The Morgan fingerprint density at radius 1 is 1.12 bits per heavy atom. The zero-order chi connectivity index (χ0) is 18.2. The van der Waals surface area contributed by atoms with Gasteiger partial charge in [0, 0.05) is 31.1 Å². The van der Waals surface area contributed by atoms with Crippen LogP contribution >= 0.6 is 0 Å². The first kappa shape index (κ1) is 17.6. The Morgan fingerprint density at radius 3 is 2.24 bits per heavy atom. The van der Waals surface area contributed by atoms with E-state index < -0.39 is 18.2 Å². The van der Waals surface area contributed by atoms with Crippen LogP contribution < -0.4 is 0 Å². The summed E-state index contributed by atoms with van der Waals surface area (Å²) < 4.78 is 37.5. The van der Waals surface area contributed by atoms with Crippen LogP contribution in [-0.4, -0.2) is 58.3 Å². The number of carboxylic acid groups (broad SMARTS) is 1. The fourth-order valence-electron chi connectivity index (χ4n) is 3.64. The van der Waals surface area contributed by atoms with E-state index in [0.29, 0.717) is 0 Å². The van der Waals surface area contributed by atoms with E-state index in [1.807, 2.05) is 30.3 Å². The van der Waals surface area contributed by atoms with Crippen LogP contribution in [0, 0.1) is 0 Å². The maximum Gasteiger partial charge on any atom is 0.471 e. The van der Waals surface area contributed by atoms with Crippen LogP contribution in [0.3, 0.4) is 0 Å². The molecule has 2 amide bonds. The summed E-state index contributed by atoms with van der Waals surface area (Å²) >= 11 is 0. The highest BCUT2D eigenvalue weighted by molar-refractivity contribution is 5.82. The number of halogens is 3. The molecule has 2 aliphatic rings. The first-order valence-electron chi connectivity index (χ1n) is 8.21. The van der Waals surface area contributed by atoms with E-state index in [-0.39, 0.29) is 43.9 Å². The minimum absolute atomic E-state index is 0.0739. The molecule has 0 radical (unpaired) electrons. The van der Waals surface area contributed by atoms with Gasteiger partial charge in [-0.25, -0.2) is 4.79 Å². The first-order chi connectivity index (χ1) is 11.8. The second-order valence-electron chi connectivity index (χ2n) is 6.53. The molecule has 0 aromatic heterocycles. The molecule has 1 heterocycles. The molecule has 5 nitrogen and oxygen atoms in total. The number of nitrogens with zero attached hydrogens (tertiary/aromatic N) is 2. The Balaban J connectivity index is 1.62. The number of benzene rings is 1. The van der Waals surface area contributed by atoms with E-state index in [4.69, 9.17) is 0 Å². The minimum atomic E-state index is -4.88. The number of likely N-dealkylation sites (tertiary alicyclic amines) is 1. The number of carbonyl (C=O) groups is 2. The van der Waals surface area contributed by atoms with Gasteiger partial charge >= 0.3 is 18.2 Å². The summed E-state index contributed by atoms with van der Waals surface area (Å²) in [5.41, 5.74) is 1.07.